The van der Waals surface area contributed by atoms with Gasteiger partial charge in [0, 0.05) is 12.1 Å². The number of halogens is 6. The van der Waals surface area contributed by atoms with Crippen molar-refractivity contribution in [1.82, 2.24) is 4.90 Å². The molecular weight excluding hydrogens is 564 g/mol. The smallest absolute Gasteiger partial charge is 0.497 e. The average Bonchev–Trinajstić information content (AvgIpc) is 2.95. The molecule has 4 rings (SSSR count). The first-order chi connectivity index (χ1) is 19.8. The van der Waals surface area contributed by atoms with Crippen molar-refractivity contribution in [3.63, 3.8) is 0 Å². The van der Waals surface area contributed by atoms with E-state index in [4.69, 9.17) is 9.47 Å². The van der Waals surface area contributed by atoms with Gasteiger partial charge in [0.25, 0.3) is 0 Å². The van der Waals surface area contributed by atoms with Crippen molar-refractivity contribution < 1.29 is 45.7 Å². The van der Waals surface area contributed by atoms with E-state index in [-0.39, 0.29) is 16.9 Å². The molecule has 0 amide bonds. The quantitative estimate of drug-likeness (QED) is 0.245. The molecule has 5 nitrogen and oxygen atoms in total. The molecule has 0 spiro atoms. The van der Waals surface area contributed by atoms with Crippen LogP contribution >= 0.6 is 0 Å². The van der Waals surface area contributed by atoms with Gasteiger partial charge in [0.05, 0.1) is 19.3 Å². The first kappa shape index (κ1) is 31.5. The van der Waals surface area contributed by atoms with Crippen LogP contribution in [0.15, 0.2) is 66.7 Å². The van der Waals surface area contributed by atoms with Gasteiger partial charge in [-0.25, -0.2) is 0 Å². The molecule has 0 aromatic heterocycles. The summed E-state index contributed by atoms with van der Waals surface area (Å²) in [6.07, 6.45) is -8.18. The van der Waals surface area contributed by atoms with E-state index in [1.165, 1.54) is 31.4 Å². The van der Waals surface area contributed by atoms with Crippen molar-refractivity contribution in [3.8, 4) is 17.2 Å². The molecule has 0 aliphatic carbocycles. The fourth-order valence-electron chi connectivity index (χ4n) is 5.42. The lowest BCUT2D eigenvalue weighted by Gasteiger charge is -2.43. The van der Waals surface area contributed by atoms with Gasteiger partial charge in [-0.05, 0) is 85.8 Å². The Balaban J connectivity index is 1.63. The summed E-state index contributed by atoms with van der Waals surface area (Å²) in [6, 6.07) is 15.4. The summed E-state index contributed by atoms with van der Waals surface area (Å²) in [5.74, 6) is -0.470. The third-order valence-corrected chi connectivity index (χ3v) is 7.45. The van der Waals surface area contributed by atoms with Crippen LogP contribution in [0.5, 0.6) is 17.2 Å². The van der Waals surface area contributed by atoms with Crippen molar-refractivity contribution >= 4 is 0 Å². The van der Waals surface area contributed by atoms with Gasteiger partial charge in [0.1, 0.15) is 22.8 Å². The molecule has 1 aliphatic heterocycles. The number of likely N-dealkylation sites (tertiary alicyclic amines) is 1. The van der Waals surface area contributed by atoms with E-state index in [2.05, 4.69) is 9.64 Å². The highest BCUT2D eigenvalue weighted by molar-refractivity contribution is 5.47. The summed E-state index contributed by atoms with van der Waals surface area (Å²) in [5, 5.41) is 12.3. The Bertz CT molecular complexity index is 1300. The van der Waals surface area contributed by atoms with Gasteiger partial charge in [-0.2, -0.15) is 13.2 Å². The maximum absolute atomic E-state index is 14.3. The summed E-state index contributed by atoms with van der Waals surface area (Å²) in [4.78, 5) is 2.15. The maximum atomic E-state index is 14.3. The third-order valence-electron chi connectivity index (χ3n) is 7.45. The highest BCUT2D eigenvalue weighted by Gasteiger charge is 2.47. The molecule has 1 N–H and O–H groups in total. The normalized spacial score (nSPS) is 16.6. The van der Waals surface area contributed by atoms with Crippen molar-refractivity contribution in [2.45, 2.75) is 50.9 Å². The van der Waals surface area contributed by atoms with Crippen LogP contribution < -0.4 is 14.2 Å². The Hall–Kier alpha value is -3.44. The number of nitrogens with zero attached hydrogens (tertiary/aromatic N) is 1. The van der Waals surface area contributed by atoms with Gasteiger partial charge in [0.2, 0.25) is 0 Å². The van der Waals surface area contributed by atoms with Crippen LogP contribution in [0.3, 0.4) is 0 Å². The van der Waals surface area contributed by atoms with Crippen molar-refractivity contribution in [2.24, 2.45) is 5.92 Å². The first-order valence-electron chi connectivity index (χ1n) is 13.6. The molecule has 0 bridgehead atoms. The standard InChI is InChI=1S/C31H33F6NO4/c1-3-18-41-24-8-4-21(5-9-24)20-38-16-14-23(15-17-38)29(39,22-6-10-25(11-7-22)42-31(35,36)37)27-13-12-26(40-2)19-28(27)30(32,33)34/h4-13,19,23,39H,3,14-18,20H2,1-2H3/t29-/m1/s1. The minimum Gasteiger partial charge on any atom is -0.497 e. The average molecular weight is 598 g/mol. The van der Waals surface area contributed by atoms with E-state index < -0.39 is 35.4 Å². The molecule has 0 radical (unpaired) electrons. The Morgan fingerprint density at radius 1 is 0.810 bits per heavy atom. The molecule has 1 aliphatic rings. The van der Waals surface area contributed by atoms with E-state index in [9.17, 15) is 31.4 Å². The lowest BCUT2D eigenvalue weighted by Crippen LogP contribution is -2.45. The van der Waals surface area contributed by atoms with E-state index in [0.717, 1.165) is 35.9 Å². The monoisotopic (exact) mass is 597 g/mol. The number of alkyl halides is 6. The number of benzene rings is 3. The summed E-state index contributed by atoms with van der Waals surface area (Å²) in [5.41, 5.74) is -2.54. The van der Waals surface area contributed by atoms with Gasteiger partial charge in [-0.1, -0.05) is 37.3 Å². The van der Waals surface area contributed by atoms with E-state index in [1.807, 2.05) is 31.2 Å². The number of aliphatic hydroxyl groups is 1. The van der Waals surface area contributed by atoms with Gasteiger partial charge in [-0.15, -0.1) is 13.2 Å². The largest absolute Gasteiger partial charge is 0.573 e. The molecule has 1 heterocycles. The van der Waals surface area contributed by atoms with Crippen LogP contribution in [-0.4, -0.2) is 43.2 Å². The zero-order valence-corrected chi connectivity index (χ0v) is 23.3. The van der Waals surface area contributed by atoms with Gasteiger partial charge < -0.3 is 19.3 Å². The number of ether oxygens (including phenoxy) is 3. The second kappa shape index (κ2) is 12.8. The van der Waals surface area contributed by atoms with Gasteiger partial charge in [-0.3, -0.25) is 4.90 Å². The molecule has 3 aromatic carbocycles. The maximum Gasteiger partial charge on any atom is 0.573 e. The Kier molecular flexibility index (Phi) is 9.62. The Morgan fingerprint density at radius 2 is 1.40 bits per heavy atom. The highest BCUT2D eigenvalue weighted by Crippen LogP contribution is 2.48. The molecule has 3 aromatic rings. The Labute approximate surface area is 240 Å². The van der Waals surface area contributed by atoms with Crippen LogP contribution in [0.25, 0.3) is 0 Å². The Morgan fingerprint density at radius 3 is 1.95 bits per heavy atom. The van der Waals surface area contributed by atoms with Gasteiger partial charge in [0.15, 0.2) is 0 Å². The van der Waals surface area contributed by atoms with Crippen molar-refractivity contribution in [2.75, 3.05) is 26.8 Å². The molecular formula is C31H33F6NO4. The molecule has 11 heteroatoms. The van der Waals surface area contributed by atoms with E-state index in [0.29, 0.717) is 39.1 Å². The summed E-state index contributed by atoms with van der Waals surface area (Å²) in [6.45, 7) is 4.24. The molecule has 42 heavy (non-hydrogen) atoms. The number of hydrogen-bond acceptors (Lipinski definition) is 5. The van der Waals surface area contributed by atoms with Crippen LogP contribution in [0.1, 0.15) is 48.4 Å². The topological polar surface area (TPSA) is 51.2 Å². The molecule has 1 atom stereocenters. The first-order valence-corrected chi connectivity index (χ1v) is 13.6. The lowest BCUT2D eigenvalue weighted by atomic mass is 9.70. The van der Waals surface area contributed by atoms with Crippen LogP contribution in [-0.2, 0) is 18.3 Å². The lowest BCUT2D eigenvalue weighted by molar-refractivity contribution is -0.274. The number of piperidine rings is 1. The second-order valence-corrected chi connectivity index (χ2v) is 10.3. The summed E-state index contributed by atoms with van der Waals surface area (Å²) < 4.78 is 95.7. The SMILES string of the molecule is CCCOc1ccc(CN2CCC([C@](O)(c3ccc(OC(F)(F)F)cc3)c3ccc(OC)cc3C(F)(F)F)CC2)cc1. The fraction of sp³-hybridized carbons (Fsp3) is 0.419. The van der Waals surface area contributed by atoms with Crippen molar-refractivity contribution in [1.29, 1.82) is 0 Å². The minimum atomic E-state index is -4.94. The third kappa shape index (κ3) is 7.49. The summed E-state index contributed by atoms with van der Waals surface area (Å²) in [7, 11) is 1.24. The number of rotatable bonds is 10. The van der Waals surface area contributed by atoms with E-state index >= 15 is 0 Å². The minimum absolute atomic E-state index is 0.0359. The van der Waals surface area contributed by atoms with Crippen LogP contribution in [0.2, 0.25) is 0 Å². The molecule has 0 unspecified atom stereocenters. The number of hydrogen-bond donors (Lipinski definition) is 1. The zero-order valence-electron chi connectivity index (χ0n) is 23.3. The van der Waals surface area contributed by atoms with Crippen molar-refractivity contribution in [3.05, 3.63) is 89.0 Å². The predicted octanol–water partition coefficient (Wildman–Crippen LogP) is 7.55. The number of methoxy groups -OCH3 is 1. The highest BCUT2D eigenvalue weighted by atomic mass is 19.4. The molecule has 1 saturated heterocycles. The second-order valence-electron chi connectivity index (χ2n) is 10.3. The zero-order chi connectivity index (χ0) is 30.5. The molecule has 228 valence electrons. The van der Waals surface area contributed by atoms with E-state index in [1.54, 1.807) is 0 Å². The fourth-order valence-corrected chi connectivity index (χ4v) is 5.42. The van der Waals surface area contributed by atoms with Crippen LogP contribution in [0, 0.1) is 5.92 Å². The molecule has 0 saturated carbocycles. The van der Waals surface area contributed by atoms with Crippen LogP contribution in [0.4, 0.5) is 26.3 Å². The predicted molar refractivity (Wildman–Crippen MR) is 144 cm³/mol. The summed E-state index contributed by atoms with van der Waals surface area (Å²) >= 11 is 0. The molecule has 1 fully saturated rings. The van der Waals surface area contributed by atoms with Gasteiger partial charge >= 0.3 is 12.5 Å².